The largest absolute Gasteiger partial charge is 0.431 e. The zero-order valence-corrected chi connectivity index (χ0v) is 7.56. The van der Waals surface area contributed by atoms with E-state index in [2.05, 4.69) is 25.9 Å². The molecule has 11 heavy (non-hydrogen) atoms. The molecular formula is C6H2BrClN2O. The first-order valence-electron chi connectivity index (χ1n) is 2.83. The third-order valence-electron chi connectivity index (χ3n) is 1.21. The average molecular weight is 233 g/mol. The highest BCUT2D eigenvalue weighted by molar-refractivity contribution is 9.10. The highest BCUT2D eigenvalue weighted by Crippen LogP contribution is 2.21. The first-order chi connectivity index (χ1) is 5.25. The predicted octanol–water partition coefficient (Wildman–Crippen LogP) is 2.64. The van der Waals surface area contributed by atoms with Crippen molar-refractivity contribution in [3.05, 3.63) is 22.2 Å². The minimum atomic E-state index is 0.194. The standard InChI is InChI=1S/C6H2BrClN2O/c7-4-1-3-2-9-6(8)10-5(3)11-4/h1-2H. The lowest BCUT2D eigenvalue weighted by molar-refractivity contribution is 0.575. The van der Waals surface area contributed by atoms with Crippen molar-refractivity contribution < 1.29 is 4.42 Å². The van der Waals surface area contributed by atoms with E-state index < -0.39 is 0 Å². The summed E-state index contributed by atoms with van der Waals surface area (Å²) in [5.41, 5.74) is 0.497. The van der Waals surface area contributed by atoms with Gasteiger partial charge in [-0.05, 0) is 27.5 Å². The third-order valence-corrected chi connectivity index (χ3v) is 1.79. The fraction of sp³-hybridized carbons (Fsp3) is 0. The molecule has 0 amide bonds. The molecule has 56 valence electrons. The van der Waals surface area contributed by atoms with E-state index in [4.69, 9.17) is 16.0 Å². The number of hydrogen-bond acceptors (Lipinski definition) is 3. The van der Waals surface area contributed by atoms with Crippen LogP contribution in [0.5, 0.6) is 0 Å². The van der Waals surface area contributed by atoms with Gasteiger partial charge in [-0.15, -0.1) is 0 Å². The van der Waals surface area contributed by atoms with Crippen LogP contribution in [0.3, 0.4) is 0 Å². The van der Waals surface area contributed by atoms with Crippen LogP contribution in [-0.4, -0.2) is 9.97 Å². The minimum Gasteiger partial charge on any atom is -0.431 e. The Kier molecular flexibility index (Phi) is 1.58. The quantitative estimate of drug-likeness (QED) is 0.657. The van der Waals surface area contributed by atoms with Crippen molar-refractivity contribution in [1.82, 2.24) is 9.97 Å². The summed E-state index contributed by atoms with van der Waals surface area (Å²) < 4.78 is 5.76. The molecule has 0 N–H and O–H groups in total. The smallest absolute Gasteiger partial charge is 0.231 e. The van der Waals surface area contributed by atoms with E-state index >= 15 is 0 Å². The second-order valence-electron chi connectivity index (χ2n) is 1.95. The summed E-state index contributed by atoms with van der Waals surface area (Å²) in [6, 6.07) is 1.78. The van der Waals surface area contributed by atoms with E-state index in [1.165, 1.54) is 0 Å². The molecule has 0 saturated carbocycles. The molecule has 3 nitrogen and oxygen atoms in total. The number of fused-ring (bicyclic) bond motifs is 1. The number of hydrogen-bond donors (Lipinski definition) is 0. The van der Waals surface area contributed by atoms with Crippen molar-refractivity contribution in [1.29, 1.82) is 0 Å². The van der Waals surface area contributed by atoms with E-state index in [1.54, 1.807) is 12.3 Å². The topological polar surface area (TPSA) is 38.9 Å². The first-order valence-corrected chi connectivity index (χ1v) is 4.00. The van der Waals surface area contributed by atoms with Crippen LogP contribution in [0.1, 0.15) is 0 Å². The van der Waals surface area contributed by atoms with Crippen LogP contribution >= 0.6 is 27.5 Å². The summed E-state index contributed by atoms with van der Waals surface area (Å²) in [6.07, 6.45) is 1.61. The Morgan fingerprint density at radius 2 is 2.36 bits per heavy atom. The summed E-state index contributed by atoms with van der Waals surface area (Å²) in [6.45, 7) is 0. The van der Waals surface area contributed by atoms with E-state index in [1.807, 2.05) is 0 Å². The Morgan fingerprint density at radius 1 is 1.55 bits per heavy atom. The van der Waals surface area contributed by atoms with E-state index in [0.717, 1.165) is 5.39 Å². The lowest BCUT2D eigenvalue weighted by atomic mass is 10.4. The number of halogens is 2. The van der Waals surface area contributed by atoms with Gasteiger partial charge in [-0.3, -0.25) is 0 Å². The molecule has 0 unspecified atom stereocenters. The molecule has 0 fully saturated rings. The molecule has 0 aliphatic heterocycles. The highest BCUT2D eigenvalue weighted by Gasteiger charge is 2.02. The molecule has 0 atom stereocenters. The van der Waals surface area contributed by atoms with Crippen molar-refractivity contribution in [2.75, 3.05) is 0 Å². The van der Waals surface area contributed by atoms with Gasteiger partial charge in [0.25, 0.3) is 0 Å². The first kappa shape index (κ1) is 7.06. The molecule has 2 heterocycles. The van der Waals surface area contributed by atoms with Gasteiger partial charge in [-0.1, -0.05) is 0 Å². The average Bonchev–Trinajstić information content (AvgIpc) is 2.27. The second-order valence-corrected chi connectivity index (χ2v) is 3.07. The molecule has 5 heteroatoms. The van der Waals surface area contributed by atoms with Crippen molar-refractivity contribution in [2.45, 2.75) is 0 Å². The molecule has 0 aliphatic carbocycles. The fourth-order valence-electron chi connectivity index (χ4n) is 0.780. The van der Waals surface area contributed by atoms with Crippen LogP contribution < -0.4 is 0 Å². The molecular weight excluding hydrogens is 231 g/mol. The molecule has 2 aromatic heterocycles. The van der Waals surface area contributed by atoms with Crippen LogP contribution in [0.25, 0.3) is 11.1 Å². The van der Waals surface area contributed by atoms with Crippen molar-refractivity contribution in [3.8, 4) is 0 Å². The third kappa shape index (κ3) is 1.23. The van der Waals surface area contributed by atoms with Crippen molar-refractivity contribution in [2.24, 2.45) is 0 Å². The zero-order valence-electron chi connectivity index (χ0n) is 5.21. The van der Waals surface area contributed by atoms with Gasteiger partial charge in [-0.2, -0.15) is 4.98 Å². The lowest BCUT2D eigenvalue weighted by Gasteiger charge is -1.85. The van der Waals surface area contributed by atoms with E-state index in [9.17, 15) is 0 Å². The Labute approximate surface area is 75.5 Å². The van der Waals surface area contributed by atoms with Gasteiger partial charge in [-0.25, -0.2) is 4.98 Å². The van der Waals surface area contributed by atoms with Crippen molar-refractivity contribution >= 4 is 38.6 Å². The molecule has 0 radical (unpaired) electrons. The van der Waals surface area contributed by atoms with Gasteiger partial charge in [0.05, 0.1) is 5.39 Å². The Morgan fingerprint density at radius 3 is 3.18 bits per heavy atom. The summed E-state index contributed by atoms with van der Waals surface area (Å²) in [4.78, 5) is 7.65. The molecule has 0 bridgehead atoms. The van der Waals surface area contributed by atoms with Crippen LogP contribution in [0, 0.1) is 0 Å². The zero-order chi connectivity index (χ0) is 7.84. The second kappa shape index (κ2) is 2.46. The monoisotopic (exact) mass is 232 g/mol. The van der Waals surface area contributed by atoms with Gasteiger partial charge >= 0.3 is 0 Å². The molecule has 0 aromatic carbocycles. The minimum absolute atomic E-state index is 0.194. The van der Waals surface area contributed by atoms with Crippen molar-refractivity contribution in [3.63, 3.8) is 0 Å². The lowest BCUT2D eigenvalue weighted by Crippen LogP contribution is -1.78. The maximum absolute atomic E-state index is 5.53. The normalized spacial score (nSPS) is 10.7. The molecule has 2 aromatic rings. The molecule has 0 spiro atoms. The highest BCUT2D eigenvalue weighted by atomic mass is 79.9. The number of rotatable bonds is 0. The predicted molar refractivity (Wildman–Crippen MR) is 44.5 cm³/mol. The van der Waals surface area contributed by atoms with Gasteiger partial charge in [0.15, 0.2) is 4.67 Å². The summed E-state index contributed by atoms with van der Waals surface area (Å²) >= 11 is 8.70. The summed E-state index contributed by atoms with van der Waals surface area (Å²) in [7, 11) is 0. The maximum atomic E-state index is 5.53. The molecule has 2 rings (SSSR count). The van der Waals surface area contributed by atoms with E-state index in [-0.39, 0.29) is 5.28 Å². The summed E-state index contributed by atoms with van der Waals surface area (Å²) in [5.74, 6) is 0. The molecule has 0 saturated heterocycles. The fourth-order valence-corrected chi connectivity index (χ4v) is 1.31. The van der Waals surface area contributed by atoms with Gasteiger partial charge < -0.3 is 4.42 Å². The van der Waals surface area contributed by atoms with Gasteiger partial charge in [0.2, 0.25) is 11.0 Å². The SMILES string of the molecule is Clc1ncc2cc(Br)oc2n1. The van der Waals surface area contributed by atoms with Crippen LogP contribution in [-0.2, 0) is 0 Å². The van der Waals surface area contributed by atoms with Crippen LogP contribution in [0.4, 0.5) is 0 Å². The van der Waals surface area contributed by atoms with Crippen LogP contribution in [0.2, 0.25) is 5.28 Å². The van der Waals surface area contributed by atoms with Gasteiger partial charge in [0, 0.05) is 12.3 Å². The number of furan rings is 1. The Bertz CT molecular complexity index is 400. The van der Waals surface area contributed by atoms with E-state index in [0.29, 0.717) is 10.4 Å². The number of nitrogens with zero attached hydrogens (tertiary/aromatic N) is 2. The van der Waals surface area contributed by atoms with Gasteiger partial charge in [0.1, 0.15) is 0 Å². The Hall–Kier alpha value is -0.610. The maximum Gasteiger partial charge on any atom is 0.231 e. The van der Waals surface area contributed by atoms with Crippen LogP contribution in [0.15, 0.2) is 21.3 Å². The summed E-state index contributed by atoms with van der Waals surface area (Å²) in [5, 5.41) is 1.03. The number of aromatic nitrogens is 2. The molecule has 0 aliphatic rings. The Balaban J connectivity index is 2.82.